The summed E-state index contributed by atoms with van der Waals surface area (Å²) in [5.74, 6) is 2.31. The van der Waals surface area contributed by atoms with Gasteiger partial charge >= 0.3 is 0 Å². The van der Waals surface area contributed by atoms with Crippen LogP contribution in [0.3, 0.4) is 0 Å². The van der Waals surface area contributed by atoms with E-state index in [1.807, 2.05) is 17.1 Å². The predicted molar refractivity (Wildman–Crippen MR) is 147 cm³/mol. The van der Waals surface area contributed by atoms with Crippen molar-refractivity contribution in [1.82, 2.24) is 9.99 Å². The fourth-order valence-electron chi connectivity index (χ4n) is 7.88. The molecule has 4 aliphatic carbocycles. The third-order valence-electron chi connectivity index (χ3n) is 9.10. The molecule has 0 radical (unpaired) electrons. The Kier molecular flexibility index (Phi) is 5.34. The van der Waals surface area contributed by atoms with E-state index >= 15 is 0 Å². The van der Waals surface area contributed by atoms with Crippen LogP contribution in [0.1, 0.15) is 67.7 Å². The van der Waals surface area contributed by atoms with E-state index in [0.717, 1.165) is 57.0 Å². The van der Waals surface area contributed by atoms with Crippen LogP contribution in [0.15, 0.2) is 58.1 Å². The smallest absolute Gasteiger partial charge is 0.249 e. The quantitative estimate of drug-likeness (QED) is 0.305. The highest BCUT2D eigenvalue weighted by molar-refractivity contribution is 9.10. The normalized spacial score (nSPS) is 30.8. The summed E-state index contributed by atoms with van der Waals surface area (Å²) in [5.41, 5.74) is 4.64. The van der Waals surface area contributed by atoms with Crippen molar-refractivity contribution < 1.29 is 4.79 Å². The number of aromatic nitrogens is 1. The van der Waals surface area contributed by atoms with Gasteiger partial charge in [-0.3, -0.25) is 4.79 Å². The number of fused-ring (bicyclic) bond motifs is 1. The van der Waals surface area contributed by atoms with E-state index in [-0.39, 0.29) is 17.4 Å². The number of nitrogens with zero attached hydrogens (tertiary/aromatic N) is 3. The van der Waals surface area contributed by atoms with Crippen molar-refractivity contribution in [2.75, 3.05) is 0 Å². The van der Waals surface area contributed by atoms with Gasteiger partial charge in [-0.15, -0.1) is 0 Å². The summed E-state index contributed by atoms with van der Waals surface area (Å²) < 4.78 is 1.03. The summed E-state index contributed by atoms with van der Waals surface area (Å²) in [6, 6.07) is 16.3. The Bertz CT molecular complexity index is 1380. The van der Waals surface area contributed by atoms with Crippen molar-refractivity contribution in [1.29, 1.82) is 0 Å². The lowest BCUT2D eigenvalue weighted by molar-refractivity contribution is -0.159. The highest BCUT2D eigenvalue weighted by atomic mass is 79.9. The third kappa shape index (κ3) is 3.73. The molecule has 4 nitrogen and oxygen atoms in total. The minimum atomic E-state index is -0.264. The second kappa shape index (κ2) is 8.39. The lowest BCUT2D eigenvalue weighted by Gasteiger charge is -2.56. The summed E-state index contributed by atoms with van der Waals surface area (Å²) in [6.07, 6.45) is 7.63. The van der Waals surface area contributed by atoms with Crippen LogP contribution in [0, 0.1) is 30.1 Å². The van der Waals surface area contributed by atoms with Crippen molar-refractivity contribution in [2.45, 2.75) is 57.9 Å². The van der Waals surface area contributed by atoms with Crippen LogP contribution in [-0.2, 0) is 4.79 Å². The molecule has 2 aromatic carbocycles. The standard InChI is InChI=1S/C30H29BrClN3O/c1-17-2-3-22-12-24(28(32)33-25(22)8-17)27-13-26(21-4-6-23(31)7-5-21)34-35(27)29(36)30-14-18-9-19(15-30)11-20(10-18)16-30/h2-8,12,18-20,27H,9-11,13-16H2,1H3. The number of aryl methyl sites for hydroxylation is 1. The molecule has 4 bridgehead atoms. The van der Waals surface area contributed by atoms with Gasteiger partial charge in [0, 0.05) is 21.8 Å². The number of hydrogen-bond acceptors (Lipinski definition) is 3. The summed E-state index contributed by atoms with van der Waals surface area (Å²) in [6.45, 7) is 2.06. The Morgan fingerprint density at radius 3 is 2.33 bits per heavy atom. The zero-order valence-corrected chi connectivity index (χ0v) is 22.7. The molecular weight excluding hydrogens is 534 g/mol. The van der Waals surface area contributed by atoms with Crippen molar-refractivity contribution in [3.8, 4) is 0 Å². The van der Waals surface area contributed by atoms with Gasteiger partial charge in [-0.2, -0.15) is 5.10 Å². The van der Waals surface area contributed by atoms with Crippen molar-refractivity contribution in [3.63, 3.8) is 0 Å². The van der Waals surface area contributed by atoms with Crippen molar-refractivity contribution in [3.05, 3.63) is 74.8 Å². The summed E-state index contributed by atoms with van der Waals surface area (Å²) in [7, 11) is 0. The number of carbonyl (C=O) groups excluding carboxylic acids is 1. The summed E-state index contributed by atoms with van der Waals surface area (Å²) in [5, 5.41) is 8.36. The maximum atomic E-state index is 14.5. The fraction of sp³-hybridized carbons (Fsp3) is 0.433. The molecule has 184 valence electrons. The minimum Gasteiger partial charge on any atom is -0.272 e. The molecule has 1 amide bonds. The van der Waals surface area contributed by atoms with E-state index in [9.17, 15) is 4.79 Å². The van der Waals surface area contributed by atoms with Crippen LogP contribution in [-0.4, -0.2) is 21.6 Å². The van der Waals surface area contributed by atoms with Gasteiger partial charge in [-0.1, -0.05) is 51.8 Å². The van der Waals surface area contributed by atoms with Crippen LogP contribution in [0.2, 0.25) is 5.15 Å². The highest BCUT2D eigenvalue weighted by Crippen LogP contribution is 2.61. The van der Waals surface area contributed by atoms with Gasteiger partial charge in [-0.05, 0) is 98.6 Å². The van der Waals surface area contributed by atoms with Gasteiger partial charge in [0.05, 0.1) is 22.7 Å². The maximum absolute atomic E-state index is 14.5. The van der Waals surface area contributed by atoms with Crippen LogP contribution in [0.5, 0.6) is 0 Å². The second-order valence-electron chi connectivity index (χ2n) is 11.7. The highest BCUT2D eigenvalue weighted by Gasteiger charge is 2.57. The Labute approximate surface area is 225 Å². The zero-order chi connectivity index (χ0) is 24.6. The Morgan fingerprint density at radius 1 is 1.00 bits per heavy atom. The van der Waals surface area contributed by atoms with Gasteiger partial charge in [0.1, 0.15) is 5.15 Å². The number of rotatable bonds is 3. The number of amides is 1. The van der Waals surface area contributed by atoms with Crippen LogP contribution in [0.4, 0.5) is 0 Å². The lowest BCUT2D eigenvalue weighted by Crippen LogP contribution is -2.53. The van der Waals surface area contributed by atoms with Crippen molar-refractivity contribution >= 4 is 50.1 Å². The van der Waals surface area contributed by atoms with E-state index in [1.54, 1.807) is 0 Å². The van der Waals surface area contributed by atoms with E-state index in [0.29, 0.717) is 29.3 Å². The molecule has 0 N–H and O–H groups in total. The third-order valence-corrected chi connectivity index (χ3v) is 9.93. The van der Waals surface area contributed by atoms with E-state index < -0.39 is 0 Å². The molecule has 8 rings (SSSR count). The average Bonchev–Trinajstić information content (AvgIpc) is 3.27. The zero-order valence-electron chi connectivity index (χ0n) is 20.4. The number of halogens is 2. The number of hydrogen-bond donors (Lipinski definition) is 0. The Morgan fingerprint density at radius 2 is 1.67 bits per heavy atom. The second-order valence-corrected chi connectivity index (χ2v) is 13.0. The monoisotopic (exact) mass is 561 g/mol. The first kappa shape index (κ1) is 22.9. The molecule has 1 aliphatic heterocycles. The molecule has 2 heterocycles. The average molecular weight is 563 g/mol. The molecule has 0 spiro atoms. The first-order valence-corrected chi connectivity index (χ1v) is 14.3. The van der Waals surface area contributed by atoms with E-state index in [2.05, 4.69) is 59.3 Å². The van der Waals surface area contributed by atoms with Gasteiger partial charge in [-0.25, -0.2) is 9.99 Å². The molecule has 5 aliphatic rings. The first-order chi connectivity index (χ1) is 17.4. The molecule has 4 fully saturated rings. The van der Waals surface area contributed by atoms with Gasteiger partial charge in [0.25, 0.3) is 0 Å². The Hall–Kier alpha value is -2.24. The summed E-state index contributed by atoms with van der Waals surface area (Å²) >= 11 is 10.4. The SMILES string of the molecule is Cc1ccc2cc(C3CC(c4ccc(Br)cc4)=NN3C(=O)C34CC5CC(CC(C5)C3)C4)c(Cl)nc2c1. The molecule has 6 heteroatoms. The largest absolute Gasteiger partial charge is 0.272 e. The number of hydrazone groups is 1. The number of carbonyl (C=O) groups is 1. The first-order valence-electron chi connectivity index (χ1n) is 13.1. The topological polar surface area (TPSA) is 45.6 Å². The molecular formula is C30H29BrClN3O. The van der Waals surface area contributed by atoms with Crippen LogP contribution in [0.25, 0.3) is 10.9 Å². The minimum absolute atomic E-state index is 0.207. The predicted octanol–water partition coefficient (Wildman–Crippen LogP) is 7.85. The van der Waals surface area contributed by atoms with Gasteiger partial charge in [0.15, 0.2) is 0 Å². The van der Waals surface area contributed by atoms with E-state index in [1.165, 1.54) is 19.3 Å². The molecule has 36 heavy (non-hydrogen) atoms. The molecule has 1 unspecified atom stereocenters. The maximum Gasteiger partial charge on any atom is 0.249 e. The van der Waals surface area contributed by atoms with Gasteiger partial charge < -0.3 is 0 Å². The van der Waals surface area contributed by atoms with Crippen LogP contribution >= 0.6 is 27.5 Å². The fourth-order valence-corrected chi connectivity index (χ4v) is 8.41. The van der Waals surface area contributed by atoms with Crippen LogP contribution < -0.4 is 0 Å². The molecule has 4 saturated carbocycles. The van der Waals surface area contributed by atoms with E-state index in [4.69, 9.17) is 21.7 Å². The Balaban J connectivity index is 1.31. The summed E-state index contributed by atoms with van der Waals surface area (Å²) in [4.78, 5) is 19.2. The molecule has 0 saturated heterocycles. The number of pyridine rings is 1. The van der Waals surface area contributed by atoms with Crippen molar-refractivity contribution in [2.24, 2.45) is 28.3 Å². The molecule has 1 atom stereocenters. The van der Waals surface area contributed by atoms with Gasteiger partial charge in [0.2, 0.25) is 5.91 Å². The number of benzene rings is 2. The molecule has 3 aromatic rings. The lowest BCUT2D eigenvalue weighted by atomic mass is 9.49. The molecule has 1 aromatic heterocycles.